The van der Waals surface area contributed by atoms with Crippen molar-refractivity contribution in [2.45, 2.75) is 6.10 Å². The van der Waals surface area contributed by atoms with Crippen LogP contribution in [-0.2, 0) is 4.89 Å². The summed E-state index contributed by atoms with van der Waals surface area (Å²) in [5, 5.41) is 50.5. The van der Waals surface area contributed by atoms with Gasteiger partial charge >= 0.3 is 17.9 Å². The van der Waals surface area contributed by atoms with Crippen LogP contribution in [0.3, 0.4) is 0 Å². The molecule has 0 heterocycles. The van der Waals surface area contributed by atoms with Gasteiger partial charge in [-0.25, -0.2) is 19.3 Å². The van der Waals surface area contributed by atoms with Crippen LogP contribution in [0.15, 0.2) is 84.9 Å². The monoisotopic (exact) mass is 620 g/mol. The second-order valence-electron chi connectivity index (χ2n) is 8.95. The molecule has 0 radical (unpaired) electrons. The Morgan fingerprint density at radius 1 is 0.667 bits per heavy atom. The molecule has 0 aliphatic rings. The van der Waals surface area contributed by atoms with E-state index < -0.39 is 56.4 Å². The Balaban J connectivity index is 1.37. The Bertz CT molecular complexity index is 1770. The average Bonchev–Trinajstić information content (AvgIpc) is 3.02. The number of nitro groups is 2. The number of carboxylic acid groups (broad SMARTS) is 2. The summed E-state index contributed by atoms with van der Waals surface area (Å²) in [6.45, 7) is -0.290. The molecule has 0 spiro atoms. The van der Waals surface area contributed by atoms with Gasteiger partial charge in [0.2, 0.25) is 6.79 Å². The first kappa shape index (κ1) is 31.5. The van der Waals surface area contributed by atoms with Crippen molar-refractivity contribution >= 4 is 29.3 Å². The second kappa shape index (κ2) is 13.7. The number of hydrogen-bond donors (Lipinski definition) is 3. The minimum Gasteiger partial charge on any atom is -0.478 e. The van der Waals surface area contributed by atoms with Gasteiger partial charge in [0.05, 0.1) is 26.5 Å². The summed E-state index contributed by atoms with van der Waals surface area (Å²) in [6, 6.07) is 17.1. The Labute approximate surface area is 251 Å². The summed E-state index contributed by atoms with van der Waals surface area (Å²) in [5.74, 6) is -3.37. The molecule has 3 N–H and O–H groups in total. The standard InChI is InChI=1S/C29H20N2O14/c32-27(33)22-11-3-17(30(37)38)13-24(22)26(45-41)16-1-5-19(6-2-16)42-15-43-20-7-9-21(10-8-20)44-29(36)25-14-18(31(39)40)4-12-23(25)28(34)35/h1-14,26,41H,15H2,(H,32,33)(H,34,35). The van der Waals surface area contributed by atoms with Crippen molar-refractivity contribution in [1.82, 2.24) is 0 Å². The molecule has 0 aliphatic carbocycles. The molecule has 4 aromatic rings. The molecule has 0 saturated heterocycles. The number of non-ortho nitro benzene ring substituents is 2. The summed E-state index contributed by atoms with van der Waals surface area (Å²) in [6.07, 6.45) is -1.36. The van der Waals surface area contributed by atoms with Crippen LogP contribution in [0.2, 0.25) is 0 Å². The summed E-state index contributed by atoms with van der Waals surface area (Å²) >= 11 is 0. The van der Waals surface area contributed by atoms with Gasteiger partial charge in [-0.2, -0.15) is 0 Å². The third-order valence-corrected chi connectivity index (χ3v) is 6.20. The van der Waals surface area contributed by atoms with Gasteiger partial charge in [0.25, 0.3) is 11.4 Å². The number of carboxylic acids is 2. The highest BCUT2D eigenvalue weighted by Crippen LogP contribution is 2.32. The smallest absolute Gasteiger partial charge is 0.344 e. The van der Waals surface area contributed by atoms with Gasteiger partial charge in [-0.3, -0.25) is 25.5 Å². The molecule has 0 bridgehead atoms. The minimum atomic E-state index is -1.47. The number of aromatic carboxylic acids is 2. The van der Waals surface area contributed by atoms with E-state index in [1.807, 2.05) is 0 Å². The lowest BCUT2D eigenvalue weighted by Crippen LogP contribution is -2.14. The molecule has 1 atom stereocenters. The number of esters is 1. The lowest BCUT2D eigenvalue weighted by molar-refractivity contribution is -0.385. The first-order chi connectivity index (χ1) is 21.5. The van der Waals surface area contributed by atoms with Crippen LogP contribution in [0, 0.1) is 20.2 Å². The molecule has 0 aliphatic heterocycles. The zero-order chi connectivity index (χ0) is 32.7. The van der Waals surface area contributed by atoms with Gasteiger partial charge in [-0.1, -0.05) is 12.1 Å². The average molecular weight is 620 g/mol. The van der Waals surface area contributed by atoms with E-state index in [4.69, 9.17) is 14.2 Å². The number of hydrogen-bond acceptors (Lipinski definition) is 12. The lowest BCUT2D eigenvalue weighted by atomic mass is 9.96. The van der Waals surface area contributed by atoms with E-state index in [-0.39, 0.29) is 35.0 Å². The summed E-state index contributed by atoms with van der Waals surface area (Å²) in [5.41, 5.74) is -2.03. The van der Waals surface area contributed by atoms with Crippen molar-refractivity contribution in [2.24, 2.45) is 0 Å². The van der Waals surface area contributed by atoms with Crippen LogP contribution < -0.4 is 14.2 Å². The fraction of sp³-hybridized carbons (Fsp3) is 0.0690. The van der Waals surface area contributed by atoms with Gasteiger partial charge in [0, 0.05) is 29.8 Å². The normalized spacial score (nSPS) is 11.2. The van der Waals surface area contributed by atoms with Gasteiger partial charge in [-0.05, 0) is 54.1 Å². The predicted molar refractivity (Wildman–Crippen MR) is 150 cm³/mol. The van der Waals surface area contributed by atoms with Crippen molar-refractivity contribution in [3.05, 3.63) is 133 Å². The van der Waals surface area contributed by atoms with Gasteiger partial charge in [0.15, 0.2) is 0 Å². The Morgan fingerprint density at radius 2 is 1.16 bits per heavy atom. The fourth-order valence-corrected chi connectivity index (χ4v) is 4.04. The highest BCUT2D eigenvalue weighted by molar-refractivity contribution is 6.03. The maximum absolute atomic E-state index is 12.5. The van der Waals surface area contributed by atoms with Crippen LogP contribution in [0.25, 0.3) is 0 Å². The third-order valence-electron chi connectivity index (χ3n) is 6.20. The van der Waals surface area contributed by atoms with Crippen LogP contribution in [-0.4, -0.2) is 50.0 Å². The summed E-state index contributed by atoms with van der Waals surface area (Å²) in [7, 11) is 0. The quantitative estimate of drug-likeness (QED) is 0.0440. The molecule has 0 saturated carbocycles. The number of benzene rings is 4. The second-order valence-corrected chi connectivity index (χ2v) is 8.95. The molecule has 16 nitrogen and oxygen atoms in total. The van der Waals surface area contributed by atoms with Crippen LogP contribution in [0.1, 0.15) is 48.3 Å². The SMILES string of the molecule is O=C(O)c1ccc([N+](=O)[O-])cc1C(=O)Oc1ccc(OCOc2ccc(C(OO)c3cc([N+](=O)[O-])ccc3C(=O)O)cc2)cc1. The lowest BCUT2D eigenvalue weighted by Gasteiger charge is -2.17. The van der Waals surface area contributed by atoms with Crippen molar-refractivity contribution in [3.8, 4) is 17.2 Å². The van der Waals surface area contributed by atoms with E-state index in [0.717, 1.165) is 36.4 Å². The maximum atomic E-state index is 12.5. The molecule has 1 unspecified atom stereocenters. The summed E-state index contributed by atoms with van der Waals surface area (Å²) < 4.78 is 16.2. The summed E-state index contributed by atoms with van der Waals surface area (Å²) in [4.78, 5) is 60.8. The molecule has 45 heavy (non-hydrogen) atoms. The maximum Gasteiger partial charge on any atom is 0.344 e. The molecular formula is C29H20N2O14. The molecule has 0 fully saturated rings. The van der Waals surface area contributed by atoms with Crippen LogP contribution in [0.5, 0.6) is 17.2 Å². The number of nitrogens with zero attached hydrogens (tertiary/aromatic N) is 2. The van der Waals surface area contributed by atoms with Gasteiger partial charge in [0.1, 0.15) is 23.4 Å². The third kappa shape index (κ3) is 7.53. The fourth-order valence-electron chi connectivity index (χ4n) is 4.04. The molecule has 0 aromatic heterocycles. The highest BCUT2D eigenvalue weighted by atomic mass is 17.1. The topological polar surface area (TPSA) is 235 Å². The Hall–Kier alpha value is -6.39. The van der Waals surface area contributed by atoms with E-state index in [1.54, 1.807) is 0 Å². The molecule has 4 aromatic carbocycles. The van der Waals surface area contributed by atoms with Crippen molar-refractivity contribution in [3.63, 3.8) is 0 Å². The van der Waals surface area contributed by atoms with Gasteiger partial charge < -0.3 is 24.4 Å². The number of nitro benzene ring substituents is 2. The van der Waals surface area contributed by atoms with Crippen molar-refractivity contribution < 1.29 is 58.8 Å². The van der Waals surface area contributed by atoms with Crippen LogP contribution >= 0.6 is 0 Å². The molecule has 230 valence electrons. The van der Waals surface area contributed by atoms with E-state index in [1.165, 1.54) is 48.5 Å². The molecule has 0 amide bonds. The zero-order valence-corrected chi connectivity index (χ0v) is 22.6. The predicted octanol–water partition coefficient (Wildman–Crippen LogP) is 5.11. The van der Waals surface area contributed by atoms with Crippen LogP contribution in [0.4, 0.5) is 11.4 Å². The first-order valence-electron chi connectivity index (χ1n) is 12.5. The van der Waals surface area contributed by atoms with Crippen molar-refractivity contribution in [1.29, 1.82) is 0 Å². The molecular weight excluding hydrogens is 600 g/mol. The number of carbonyl (C=O) groups excluding carboxylic acids is 1. The highest BCUT2D eigenvalue weighted by Gasteiger charge is 2.25. The zero-order valence-electron chi connectivity index (χ0n) is 22.6. The van der Waals surface area contributed by atoms with Crippen molar-refractivity contribution in [2.75, 3.05) is 6.79 Å². The Kier molecular flexibility index (Phi) is 9.62. The Morgan fingerprint density at radius 3 is 1.67 bits per heavy atom. The van der Waals surface area contributed by atoms with E-state index in [0.29, 0.717) is 5.75 Å². The number of rotatable bonds is 13. The first-order valence-corrected chi connectivity index (χ1v) is 12.5. The number of ether oxygens (including phenoxy) is 3. The minimum absolute atomic E-state index is 0.00200. The number of carbonyl (C=O) groups is 3. The molecule has 4 rings (SSSR count). The molecule has 16 heteroatoms. The van der Waals surface area contributed by atoms with E-state index in [2.05, 4.69) is 4.89 Å². The van der Waals surface area contributed by atoms with E-state index in [9.17, 15) is 50.1 Å². The van der Waals surface area contributed by atoms with E-state index >= 15 is 0 Å². The largest absolute Gasteiger partial charge is 0.478 e. The van der Waals surface area contributed by atoms with Gasteiger partial charge in [-0.15, -0.1) is 0 Å².